The van der Waals surface area contributed by atoms with Crippen molar-refractivity contribution in [3.8, 4) is 6.07 Å². The Hall–Kier alpha value is -5.27. The molecule has 1 saturated heterocycles. The van der Waals surface area contributed by atoms with Gasteiger partial charge in [-0.15, -0.1) is 11.8 Å². The standard InChI is InChI=1S/C45H56F3N5O11S2/c1-31(2)25-61-66(57,58)21-20-52(5)41(54)13-8-6-7-9-14-42(55)62-33(4)63-44(56)64-45(28-53-30-50-29-51-53,38-19-18-36(46)23-40(38)48)32(3)65-37-26-59-43(60-27-37)15-11-10-12-35-17-16-34(24-49)22-39(35)47/h10-12,15-19,22-23,29-33,37,43H,6-9,13-14,20-21,25-28H2,1-5H3/b12-10+,15-11+/t32-,33?,37?,43?,45-/m1/s1. The molecule has 21 heteroatoms. The molecule has 1 fully saturated rings. The number of aromatic nitrogens is 3. The molecule has 2 heterocycles. The number of esters is 1. The van der Waals surface area contributed by atoms with E-state index in [1.54, 1.807) is 25.2 Å². The van der Waals surface area contributed by atoms with Gasteiger partial charge in [0.05, 0.1) is 49.0 Å². The van der Waals surface area contributed by atoms with Crippen LogP contribution in [0.25, 0.3) is 6.08 Å². The van der Waals surface area contributed by atoms with Crippen LogP contribution in [-0.2, 0) is 59.7 Å². The second-order valence-corrected chi connectivity index (χ2v) is 19.2. The first-order valence-electron chi connectivity index (χ1n) is 21.3. The van der Waals surface area contributed by atoms with E-state index in [-0.39, 0.29) is 79.7 Å². The number of hydrogen-bond donors (Lipinski definition) is 0. The number of allylic oxidation sites excluding steroid dienone is 2. The van der Waals surface area contributed by atoms with Crippen molar-refractivity contribution in [1.82, 2.24) is 19.7 Å². The van der Waals surface area contributed by atoms with Crippen molar-refractivity contribution < 1.29 is 63.8 Å². The summed E-state index contributed by atoms with van der Waals surface area (Å²) in [5.74, 6) is -3.56. The molecule has 1 amide bonds. The van der Waals surface area contributed by atoms with Crippen LogP contribution in [0, 0.1) is 34.7 Å². The van der Waals surface area contributed by atoms with Gasteiger partial charge < -0.3 is 28.6 Å². The Morgan fingerprint density at radius 3 is 2.38 bits per heavy atom. The lowest BCUT2D eigenvalue weighted by Crippen LogP contribution is -2.47. The van der Waals surface area contributed by atoms with E-state index < -0.39 is 63.1 Å². The predicted octanol–water partition coefficient (Wildman–Crippen LogP) is 7.44. The van der Waals surface area contributed by atoms with Gasteiger partial charge in [-0.2, -0.15) is 18.8 Å². The molecule has 360 valence electrons. The quantitative estimate of drug-likeness (QED) is 0.0267. The molecule has 0 aliphatic carbocycles. The highest BCUT2D eigenvalue weighted by Crippen LogP contribution is 2.42. The molecule has 0 spiro atoms. The molecule has 0 radical (unpaired) electrons. The third kappa shape index (κ3) is 17.5. The molecule has 1 aromatic heterocycles. The van der Waals surface area contributed by atoms with E-state index in [1.807, 2.05) is 19.9 Å². The van der Waals surface area contributed by atoms with Gasteiger partial charge in [0.25, 0.3) is 10.1 Å². The molecule has 16 nitrogen and oxygen atoms in total. The molecular weight excluding hydrogens is 908 g/mol. The second kappa shape index (κ2) is 26.2. The minimum atomic E-state index is -3.74. The van der Waals surface area contributed by atoms with Crippen LogP contribution >= 0.6 is 11.8 Å². The monoisotopic (exact) mass is 963 g/mol. The van der Waals surface area contributed by atoms with Crippen LogP contribution in [0.5, 0.6) is 0 Å². The number of thioether (sulfide) groups is 1. The van der Waals surface area contributed by atoms with Crippen LogP contribution in [0.2, 0.25) is 0 Å². The number of carbonyl (C=O) groups excluding carboxylic acids is 3. The molecule has 0 saturated carbocycles. The van der Waals surface area contributed by atoms with E-state index in [1.165, 1.54) is 66.2 Å². The van der Waals surface area contributed by atoms with E-state index in [2.05, 4.69) is 10.1 Å². The molecule has 66 heavy (non-hydrogen) atoms. The van der Waals surface area contributed by atoms with Crippen LogP contribution in [0.4, 0.5) is 18.0 Å². The number of nitriles is 1. The molecule has 4 rings (SSSR count). The summed E-state index contributed by atoms with van der Waals surface area (Å²) in [6.45, 7) is 6.73. The summed E-state index contributed by atoms with van der Waals surface area (Å²) >= 11 is 1.24. The van der Waals surface area contributed by atoms with Crippen LogP contribution in [-0.4, -0.2) is 108 Å². The van der Waals surface area contributed by atoms with E-state index in [4.69, 9.17) is 33.1 Å². The van der Waals surface area contributed by atoms with Gasteiger partial charge >= 0.3 is 12.1 Å². The maximum atomic E-state index is 15.8. The second-order valence-electron chi connectivity index (χ2n) is 15.8. The van der Waals surface area contributed by atoms with E-state index in [0.29, 0.717) is 37.3 Å². The first-order valence-corrected chi connectivity index (χ1v) is 23.8. The van der Waals surface area contributed by atoms with Gasteiger partial charge in [0.15, 0.2) is 11.9 Å². The SMILES string of the molecule is CC(C)COS(=O)(=O)CCN(C)C(=O)CCCCCCC(=O)OC(C)OC(=O)O[C@@](Cn1cncn1)(c1ccc(F)cc1F)[C@@H](C)SC1COC(/C=C/C=C/c2ccc(C#N)cc2F)OC1. The number of benzene rings is 2. The highest BCUT2D eigenvalue weighted by Gasteiger charge is 2.47. The van der Waals surface area contributed by atoms with Crippen molar-refractivity contribution in [2.45, 2.75) is 101 Å². The first-order chi connectivity index (χ1) is 31.4. The Balaban J connectivity index is 1.31. The maximum Gasteiger partial charge on any atom is 0.512 e. The number of amides is 1. The Morgan fingerprint density at radius 1 is 1.00 bits per heavy atom. The van der Waals surface area contributed by atoms with E-state index >= 15 is 4.39 Å². The smallest absolute Gasteiger partial charge is 0.425 e. The lowest BCUT2D eigenvalue weighted by atomic mass is 9.89. The number of nitrogens with zero attached hydrogens (tertiary/aromatic N) is 5. The lowest BCUT2D eigenvalue weighted by Gasteiger charge is -2.40. The van der Waals surface area contributed by atoms with Crippen molar-refractivity contribution in [1.29, 1.82) is 5.26 Å². The van der Waals surface area contributed by atoms with Crippen LogP contribution < -0.4 is 0 Å². The highest BCUT2D eigenvalue weighted by molar-refractivity contribution is 8.00. The zero-order valence-electron chi connectivity index (χ0n) is 37.5. The molecule has 0 bridgehead atoms. The normalized spacial score (nSPS) is 17.3. The third-order valence-corrected chi connectivity index (χ3v) is 12.6. The van der Waals surface area contributed by atoms with E-state index in [0.717, 1.165) is 18.2 Å². The fraction of sp³-hybridized carbons (Fsp3) is 0.511. The molecule has 1 unspecified atom stereocenters. The van der Waals surface area contributed by atoms with Gasteiger partial charge in [0, 0.05) is 55.8 Å². The van der Waals surface area contributed by atoms with Gasteiger partial charge in [-0.25, -0.2) is 27.6 Å². The fourth-order valence-corrected chi connectivity index (χ4v) is 8.92. The number of hydrogen-bond acceptors (Lipinski definition) is 15. The molecule has 3 aromatic rings. The molecule has 2 aromatic carbocycles. The molecular formula is C45H56F3N5O11S2. The Morgan fingerprint density at radius 2 is 1.73 bits per heavy atom. The topological polar surface area (TPSA) is 198 Å². The average Bonchev–Trinajstić information content (AvgIpc) is 3.78. The fourth-order valence-electron chi connectivity index (χ4n) is 6.46. The number of halogens is 3. The zero-order valence-corrected chi connectivity index (χ0v) is 39.1. The summed E-state index contributed by atoms with van der Waals surface area (Å²) in [4.78, 5) is 44.0. The maximum absolute atomic E-state index is 15.8. The van der Waals surface area contributed by atoms with Crippen LogP contribution in [0.1, 0.15) is 82.9 Å². The van der Waals surface area contributed by atoms with Gasteiger partial charge in [-0.3, -0.25) is 13.8 Å². The van der Waals surface area contributed by atoms with Crippen LogP contribution in [0.3, 0.4) is 0 Å². The number of ether oxygens (including phenoxy) is 5. The van der Waals surface area contributed by atoms with Gasteiger partial charge in [0.1, 0.15) is 30.1 Å². The summed E-state index contributed by atoms with van der Waals surface area (Å²) in [7, 11) is -2.21. The third-order valence-electron chi connectivity index (χ3n) is 10.0. The molecule has 1 aliphatic rings. The van der Waals surface area contributed by atoms with Crippen molar-refractivity contribution in [3.05, 3.63) is 101 Å². The van der Waals surface area contributed by atoms with Crippen molar-refractivity contribution in [2.75, 3.05) is 39.2 Å². The summed E-state index contributed by atoms with van der Waals surface area (Å²) in [5, 5.41) is 11.9. The molecule has 3 atom stereocenters. The first kappa shape index (κ1) is 53.3. The zero-order chi connectivity index (χ0) is 48.3. The Bertz CT molecular complexity index is 2270. The number of carbonyl (C=O) groups is 3. The van der Waals surface area contributed by atoms with Crippen molar-refractivity contribution in [3.63, 3.8) is 0 Å². The predicted molar refractivity (Wildman–Crippen MR) is 237 cm³/mol. The van der Waals surface area contributed by atoms with Gasteiger partial charge in [-0.1, -0.05) is 51.0 Å². The number of unbranched alkanes of at least 4 members (excludes halogenated alkanes) is 3. The Kier molecular flexibility index (Phi) is 21.2. The summed E-state index contributed by atoms with van der Waals surface area (Å²) < 4.78 is 103. The van der Waals surface area contributed by atoms with Gasteiger partial charge in [-0.05, 0) is 56.0 Å². The van der Waals surface area contributed by atoms with Crippen molar-refractivity contribution in [2.24, 2.45) is 5.92 Å². The largest absolute Gasteiger partial charge is 0.512 e. The minimum absolute atomic E-state index is 0.00334. The minimum Gasteiger partial charge on any atom is -0.425 e. The lowest BCUT2D eigenvalue weighted by molar-refractivity contribution is -0.172. The number of rotatable bonds is 25. The summed E-state index contributed by atoms with van der Waals surface area (Å²) in [5.41, 5.74) is -1.62. The van der Waals surface area contributed by atoms with Crippen molar-refractivity contribution >= 4 is 46.0 Å². The molecule has 1 aliphatic heterocycles. The highest BCUT2D eigenvalue weighted by atomic mass is 32.2. The average molecular weight is 964 g/mol. The van der Waals surface area contributed by atoms with E-state index in [9.17, 15) is 31.6 Å². The van der Waals surface area contributed by atoms with Gasteiger partial charge in [0.2, 0.25) is 12.2 Å². The summed E-state index contributed by atoms with van der Waals surface area (Å²) in [6.07, 6.45) is 7.75. The Labute approximate surface area is 387 Å². The molecule has 0 N–H and O–H groups in total. The summed E-state index contributed by atoms with van der Waals surface area (Å²) in [6, 6.07) is 8.87. The van der Waals surface area contributed by atoms with Crippen LogP contribution in [0.15, 0.2) is 67.3 Å².